The topological polar surface area (TPSA) is 50.1 Å². The summed E-state index contributed by atoms with van der Waals surface area (Å²) in [7, 11) is 1.90. The Morgan fingerprint density at radius 2 is 1.88 bits per heavy atom. The van der Waals surface area contributed by atoms with Crippen LogP contribution in [0.2, 0.25) is 5.15 Å². The van der Waals surface area contributed by atoms with Gasteiger partial charge in [-0.1, -0.05) is 18.5 Å². The van der Waals surface area contributed by atoms with E-state index in [4.69, 9.17) is 11.6 Å². The van der Waals surface area contributed by atoms with E-state index >= 15 is 0 Å². The fourth-order valence-corrected chi connectivity index (χ4v) is 3.41. The second-order valence-corrected chi connectivity index (χ2v) is 6.73. The highest BCUT2D eigenvalue weighted by molar-refractivity contribution is 6.30. The first-order valence-electron chi connectivity index (χ1n) is 8.47. The Kier molecular flexibility index (Phi) is 5.06. The molecule has 0 saturated carbocycles. The molecule has 0 atom stereocenters. The number of hydrogen-bond donors (Lipinski definition) is 0. The number of hydrogen-bond acceptors (Lipinski definition) is 5. The minimum atomic E-state index is 0.759. The molecule has 130 valence electrons. The number of anilines is 1. The van der Waals surface area contributed by atoms with E-state index in [1.54, 1.807) is 4.68 Å². The Morgan fingerprint density at radius 3 is 2.54 bits per heavy atom. The zero-order valence-corrected chi connectivity index (χ0v) is 15.6. The second kappa shape index (κ2) is 7.07. The van der Waals surface area contributed by atoms with Crippen LogP contribution in [0.4, 0.5) is 5.82 Å². The molecule has 3 heterocycles. The van der Waals surface area contributed by atoms with Gasteiger partial charge in [-0.2, -0.15) is 5.10 Å². The van der Waals surface area contributed by atoms with Gasteiger partial charge in [0.25, 0.3) is 0 Å². The van der Waals surface area contributed by atoms with Crippen LogP contribution in [-0.4, -0.2) is 50.8 Å². The number of halogens is 1. The predicted octanol–water partition coefficient (Wildman–Crippen LogP) is 2.36. The van der Waals surface area contributed by atoms with Crippen molar-refractivity contribution in [3.63, 3.8) is 0 Å². The molecule has 0 amide bonds. The van der Waals surface area contributed by atoms with E-state index < -0.39 is 0 Å². The number of aryl methyl sites for hydroxylation is 4. The zero-order valence-electron chi connectivity index (χ0n) is 14.9. The minimum absolute atomic E-state index is 0.759. The molecule has 2 aromatic rings. The number of piperazine rings is 1. The van der Waals surface area contributed by atoms with E-state index in [9.17, 15) is 0 Å². The largest absolute Gasteiger partial charge is 0.353 e. The maximum Gasteiger partial charge on any atom is 0.150 e. The van der Waals surface area contributed by atoms with Crippen LogP contribution < -0.4 is 4.90 Å². The van der Waals surface area contributed by atoms with Crippen molar-refractivity contribution >= 4 is 17.4 Å². The average Bonchev–Trinajstić information content (AvgIpc) is 2.85. The van der Waals surface area contributed by atoms with Gasteiger partial charge < -0.3 is 4.90 Å². The van der Waals surface area contributed by atoms with Crippen molar-refractivity contribution in [2.24, 2.45) is 7.05 Å². The fourth-order valence-electron chi connectivity index (χ4n) is 3.21. The third-order valence-electron chi connectivity index (χ3n) is 4.59. The lowest BCUT2D eigenvalue weighted by Gasteiger charge is -2.35. The van der Waals surface area contributed by atoms with E-state index in [1.165, 1.54) is 5.56 Å². The van der Waals surface area contributed by atoms with Crippen LogP contribution in [0.25, 0.3) is 0 Å². The van der Waals surface area contributed by atoms with Gasteiger partial charge in [0.15, 0.2) is 0 Å². The molecular formula is C17H25ClN6. The van der Waals surface area contributed by atoms with Crippen LogP contribution in [0.5, 0.6) is 0 Å². The standard InChI is InChI=1S/C17H25ClN6/c1-5-15-14(16(18)22(4)21-15)11-23-6-8-24(9-7-23)17-13(3)19-10-12(2)20-17/h10H,5-9,11H2,1-4H3. The molecule has 6 nitrogen and oxygen atoms in total. The lowest BCUT2D eigenvalue weighted by atomic mass is 10.2. The summed E-state index contributed by atoms with van der Waals surface area (Å²) in [4.78, 5) is 13.9. The first-order valence-corrected chi connectivity index (χ1v) is 8.85. The van der Waals surface area contributed by atoms with Gasteiger partial charge in [-0.25, -0.2) is 4.98 Å². The molecule has 0 radical (unpaired) electrons. The van der Waals surface area contributed by atoms with E-state index in [-0.39, 0.29) is 0 Å². The smallest absolute Gasteiger partial charge is 0.150 e. The molecule has 1 aliphatic rings. The molecule has 0 aliphatic carbocycles. The number of aromatic nitrogens is 4. The van der Waals surface area contributed by atoms with Crippen LogP contribution in [0, 0.1) is 13.8 Å². The van der Waals surface area contributed by atoms with Gasteiger partial charge in [-0.3, -0.25) is 14.6 Å². The maximum atomic E-state index is 6.42. The van der Waals surface area contributed by atoms with Crippen molar-refractivity contribution in [2.75, 3.05) is 31.1 Å². The van der Waals surface area contributed by atoms with Gasteiger partial charge in [-0.15, -0.1) is 0 Å². The third kappa shape index (κ3) is 3.39. The summed E-state index contributed by atoms with van der Waals surface area (Å²) in [5, 5.41) is 5.27. The van der Waals surface area contributed by atoms with Gasteiger partial charge >= 0.3 is 0 Å². The molecule has 1 saturated heterocycles. The maximum absolute atomic E-state index is 6.42. The molecule has 7 heteroatoms. The quantitative estimate of drug-likeness (QED) is 0.849. The first kappa shape index (κ1) is 17.2. The number of rotatable bonds is 4. The molecule has 3 rings (SSSR count). The van der Waals surface area contributed by atoms with Crippen LogP contribution in [0.3, 0.4) is 0 Å². The molecular weight excluding hydrogens is 324 g/mol. The Balaban J connectivity index is 1.66. The molecule has 0 unspecified atom stereocenters. The van der Waals surface area contributed by atoms with E-state index in [0.717, 1.165) is 67.2 Å². The van der Waals surface area contributed by atoms with Crippen LogP contribution >= 0.6 is 11.6 Å². The van der Waals surface area contributed by atoms with E-state index in [0.29, 0.717) is 0 Å². The molecule has 24 heavy (non-hydrogen) atoms. The summed E-state index contributed by atoms with van der Waals surface area (Å²) in [5.41, 5.74) is 4.23. The van der Waals surface area contributed by atoms with Crippen molar-refractivity contribution in [3.05, 3.63) is 34.0 Å². The second-order valence-electron chi connectivity index (χ2n) is 6.38. The fraction of sp³-hybridized carbons (Fsp3) is 0.588. The van der Waals surface area contributed by atoms with Crippen LogP contribution in [-0.2, 0) is 20.0 Å². The molecule has 0 bridgehead atoms. The molecule has 0 spiro atoms. The highest BCUT2D eigenvalue weighted by Crippen LogP contribution is 2.23. The summed E-state index contributed by atoms with van der Waals surface area (Å²) in [6.07, 6.45) is 2.74. The van der Waals surface area contributed by atoms with Crippen molar-refractivity contribution in [3.8, 4) is 0 Å². The first-order chi connectivity index (χ1) is 11.5. The Morgan fingerprint density at radius 1 is 1.17 bits per heavy atom. The summed E-state index contributed by atoms with van der Waals surface area (Å²) < 4.78 is 1.78. The van der Waals surface area contributed by atoms with Gasteiger partial charge in [0.2, 0.25) is 0 Å². The predicted molar refractivity (Wildman–Crippen MR) is 96.6 cm³/mol. The van der Waals surface area contributed by atoms with Crippen LogP contribution in [0.15, 0.2) is 6.20 Å². The molecule has 1 aliphatic heterocycles. The van der Waals surface area contributed by atoms with E-state index in [2.05, 4.69) is 31.8 Å². The normalized spacial score (nSPS) is 16.0. The van der Waals surface area contributed by atoms with Gasteiger partial charge in [0.1, 0.15) is 11.0 Å². The Hall–Kier alpha value is -1.66. The van der Waals surface area contributed by atoms with Crippen LogP contribution in [0.1, 0.15) is 29.6 Å². The Bertz CT molecular complexity index is 718. The summed E-state index contributed by atoms with van der Waals surface area (Å²) in [6.45, 7) is 10.9. The minimum Gasteiger partial charge on any atom is -0.353 e. The summed E-state index contributed by atoms with van der Waals surface area (Å²) >= 11 is 6.42. The molecule has 0 N–H and O–H groups in total. The van der Waals surface area contributed by atoms with Crippen molar-refractivity contribution < 1.29 is 0 Å². The monoisotopic (exact) mass is 348 g/mol. The highest BCUT2D eigenvalue weighted by Gasteiger charge is 2.22. The lowest BCUT2D eigenvalue weighted by Crippen LogP contribution is -2.46. The summed E-state index contributed by atoms with van der Waals surface area (Å²) in [5.74, 6) is 1.02. The molecule has 2 aromatic heterocycles. The van der Waals surface area contributed by atoms with E-state index in [1.807, 2.05) is 27.1 Å². The van der Waals surface area contributed by atoms with Crippen molar-refractivity contribution in [1.82, 2.24) is 24.6 Å². The summed E-state index contributed by atoms with van der Waals surface area (Å²) in [6, 6.07) is 0. The van der Waals surface area contributed by atoms with Crippen molar-refractivity contribution in [2.45, 2.75) is 33.7 Å². The Labute approximate surface area is 148 Å². The van der Waals surface area contributed by atoms with Gasteiger partial charge in [0, 0.05) is 51.5 Å². The third-order valence-corrected chi connectivity index (χ3v) is 5.06. The SMILES string of the molecule is CCc1nn(C)c(Cl)c1CN1CCN(c2nc(C)cnc2C)CC1. The average molecular weight is 349 g/mol. The zero-order chi connectivity index (χ0) is 17.3. The van der Waals surface area contributed by atoms with Gasteiger partial charge in [-0.05, 0) is 20.3 Å². The molecule has 1 fully saturated rings. The highest BCUT2D eigenvalue weighted by atomic mass is 35.5. The molecule has 0 aromatic carbocycles. The number of nitrogens with zero attached hydrogens (tertiary/aromatic N) is 6. The van der Waals surface area contributed by atoms with Crippen molar-refractivity contribution in [1.29, 1.82) is 0 Å². The lowest BCUT2D eigenvalue weighted by molar-refractivity contribution is 0.248. The van der Waals surface area contributed by atoms with Gasteiger partial charge in [0.05, 0.1) is 17.1 Å².